The molecule has 138 valence electrons. The van der Waals surface area contributed by atoms with Crippen molar-refractivity contribution < 1.29 is 18.4 Å². The molecule has 2 aromatic heterocycles. The minimum absolute atomic E-state index is 0.0581. The van der Waals surface area contributed by atoms with Crippen molar-refractivity contribution in [3.8, 4) is 0 Å². The van der Waals surface area contributed by atoms with E-state index in [9.17, 15) is 9.59 Å². The van der Waals surface area contributed by atoms with Crippen LogP contribution in [0.15, 0.2) is 69.5 Å². The van der Waals surface area contributed by atoms with Crippen LogP contribution in [0, 0.1) is 0 Å². The zero-order chi connectivity index (χ0) is 19.0. The number of fused-ring (bicyclic) bond motifs is 2. The molecule has 0 spiro atoms. The van der Waals surface area contributed by atoms with Crippen LogP contribution in [-0.4, -0.2) is 27.5 Å². The van der Waals surface area contributed by atoms with Crippen LogP contribution in [0.5, 0.6) is 0 Å². The number of halogens is 2. The third-order valence-corrected chi connectivity index (χ3v) is 10.9. The summed E-state index contributed by atoms with van der Waals surface area (Å²) in [7, 11) is 12.9. The van der Waals surface area contributed by atoms with E-state index in [0.717, 1.165) is 10.8 Å². The fraction of sp³-hybridized carbons (Fsp3) is 0.100. The number of hydrogen-bond donors (Lipinski definition) is 0. The fourth-order valence-corrected chi connectivity index (χ4v) is 8.77. The predicted octanol–water partition coefficient (Wildman–Crippen LogP) is 6.16. The van der Waals surface area contributed by atoms with E-state index in [4.69, 9.17) is 26.8 Å². The van der Waals surface area contributed by atoms with Gasteiger partial charge in [0.05, 0.1) is 0 Å². The van der Waals surface area contributed by atoms with Crippen LogP contribution in [0.3, 0.4) is 0 Å². The van der Waals surface area contributed by atoms with E-state index in [0.29, 0.717) is 11.2 Å². The number of benzene rings is 2. The van der Waals surface area contributed by atoms with E-state index in [1.165, 1.54) is 0 Å². The molecule has 0 aliphatic carbocycles. The molecule has 0 atom stereocenters. The van der Waals surface area contributed by atoms with Crippen LogP contribution in [0.4, 0.5) is 0 Å². The number of carbonyl (C=O) groups excluding carboxylic acids is 2. The number of furan rings is 2. The van der Waals surface area contributed by atoms with Gasteiger partial charge in [0.25, 0.3) is 0 Å². The molecule has 0 N–H and O–H groups in total. The zero-order valence-electron chi connectivity index (χ0n) is 14.0. The van der Waals surface area contributed by atoms with Gasteiger partial charge in [-0.05, 0) is 0 Å². The Balaban J connectivity index is 1.48. The number of ketones is 2. The van der Waals surface area contributed by atoms with Crippen molar-refractivity contribution in [1.29, 1.82) is 0 Å². The number of hydrogen-bond acceptors (Lipinski definition) is 4. The van der Waals surface area contributed by atoms with Crippen molar-refractivity contribution >= 4 is 67.4 Å². The molecule has 4 nitrogen and oxygen atoms in total. The molecular weight excluding hydrogens is 503 g/mol. The summed E-state index contributed by atoms with van der Waals surface area (Å²) in [5.74, 6) is -0.140. The molecule has 27 heavy (non-hydrogen) atoms. The first-order valence-corrected chi connectivity index (χ1v) is 17.3. The molecule has 7 heteroatoms. The molecule has 0 aliphatic rings. The third-order valence-electron chi connectivity index (χ3n) is 4.09. The van der Waals surface area contributed by atoms with Gasteiger partial charge in [0.15, 0.2) is 0 Å². The van der Waals surface area contributed by atoms with Gasteiger partial charge in [0.2, 0.25) is 0 Å². The molecule has 0 aliphatic heterocycles. The Labute approximate surface area is 166 Å². The van der Waals surface area contributed by atoms with Gasteiger partial charge in [-0.3, -0.25) is 0 Å². The molecule has 0 amide bonds. The van der Waals surface area contributed by atoms with E-state index in [1.54, 1.807) is 24.3 Å². The van der Waals surface area contributed by atoms with Crippen molar-refractivity contribution in [2.75, 3.05) is 0 Å². The van der Waals surface area contributed by atoms with E-state index in [2.05, 4.69) is 0 Å². The van der Waals surface area contributed by atoms with Gasteiger partial charge in [-0.2, -0.15) is 0 Å². The first-order chi connectivity index (χ1) is 12.9. The molecular formula is C20H14Cl2O4Te. The Morgan fingerprint density at radius 1 is 0.741 bits per heavy atom. The van der Waals surface area contributed by atoms with Gasteiger partial charge in [0, 0.05) is 0 Å². The van der Waals surface area contributed by atoms with E-state index < -0.39 is 15.9 Å². The monoisotopic (exact) mass is 518 g/mol. The standard InChI is InChI=1S/C20H14Cl2O4Te/c21-27(22,11-15(23)19-9-13-5-1-3-7-17(13)25-19)12-16(24)20-10-14-6-2-4-8-18(14)26-20/h1-10H,11-12H2. The van der Waals surface area contributed by atoms with Crippen LogP contribution in [-0.2, 0) is 0 Å². The van der Waals surface area contributed by atoms with Gasteiger partial charge in [-0.15, -0.1) is 0 Å². The topological polar surface area (TPSA) is 60.4 Å². The number of para-hydroxylation sites is 2. The van der Waals surface area contributed by atoms with Crippen molar-refractivity contribution in [3.63, 3.8) is 0 Å². The van der Waals surface area contributed by atoms with Gasteiger partial charge in [-0.25, -0.2) is 0 Å². The maximum absolute atomic E-state index is 12.5. The van der Waals surface area contributed by atoms with Gasteiger partial charge >= 0.3 is 167 Å². The summed E-state index contributed by atoms with van der Waals surface area (Å²) in [6.45, 7) is 0. The molecule has 0 saturated carbocycles. The summed E-state index contributed by atoms with van der Waals surface area (Å²) in [6.07, 6.45) is 0. The van der Waals surface area contributed by atoms with E-state index in [-0.39, 0.29) is 32.0 Å². The van der Waals surface area contributed by atoms with Crippen LogP contribution >= 0.6 is 17.9 Å². The van der Waals surface area contributed by atoms with Crippen LogP contribution in [0.2, 0.25) is 8.94 Å². The number of rotatable bonds is 6. The molecule has 0 radical (unpaired) electrons. The summed E-state index contributed by atoms with van der Waals surface area (Å²) in [5, 5.41) is 1.67. The molecule has 0 saturated heterocycles. The van der Waals surface area contributed by atoms with Crippen LogP contribution < -0.4 is 0 Å². The van der Waals surface area contributed by atoms with Crippen molar-refractivity contribution in [3.05, 3.63) is 72.2 Å². The number of Topliss-reactive ketones (excluding diaryl/α,β-unsaturated/α-hetero) is 2. The normalized spacial score (nSPS) is 12.5. The second kappa shape index (κ2) is 7.33. The maximum atomic E-state index is 12.5. The summed E-state index contributed by atoms with van der Waals surface area (Å²) in [5.41, 5.74) is 1.25. The summed E-state index contributed by atoms with van der Waals surface area (Å²) < 4.78 is 11.0. The quantitative estimate of drug-likeness (QED) is 0.227. The summed E-state index contributed by atoms with van der Waals surface area (Å²) in [6, 6.07) is 18.0. The molecule has 2 heterocycles. The van der Waals surface area contributed by atoms with Crippen LogP contribution in [0.25, 0.3) is 21.9 Å². The predicted molar refractivity (Wildman–Crippen MR) is 108 cm³/mol. The Kier molecular flexibility index (Phi) is 5.05. The first kappa shape index (κ1) is 18.6. The third kappa shape index (κ3) is 4.07. The van der Waals surface area contributed by atoms with E-state index in [1.807, 2.05) is 36.4 Å². The van der Waals surface area contributed by atoms with Crippen molar-refractivity contribution in [2.24, 2.45) is 0 Å². The Bertz CT molecular complexity index is 1000. The van der Waals surface area contributed by atoms with Gasteiger partial charge in [0.1, 0.15) is 0 Å². The Hall–Kier alpha value is -1.77. The second-order valence-electron chi connectivity index (χ2n) is 6.13. The summed E-state index contributed by atoms with van der Waals surface area (Å²) >= 11 is -3.76. The summed E-state index contributed by atoms with van der Waals surface area (Å²) in [4.78, 5) is 25.1. The number of carbonyl (C=O) groups is 2. The molecule has 0 fully saturated rings. The average Bonchev–Trinajstić information content (AvgIpc) is 3.25. The van der Waals surface area contributed by atoms with Crippen molar-refractivity contribution in [1.82, 2.24) is 0 Å². The molecule has 0 unspecified atom stereocenters. The molecule has 0 bridgehead atoms. The first-order valence-electron chi connectivity index (χ1n) is 8.13. The van der Waals surface area contributed by atoms with E-state index >= 15 is 0 Å². The van der Waals surface area contributed by atoms with Crippen molar-refractivity contribution in [2.45, 2.75) is 8.94 Å². The molecule has 4 aromatic rings. The minimum atomic E-state index is -3.76. The molecule has 2 aromatic carbocycles. The van der Waals surface area contributed by atoms with Gasteiger partial charge < -0.3 is 0 Å². The zero-order valence-corrected chi connectivity index (χ0v) is 17.8. The average molecular weight is 517 g/mol. The van der Waals surface area contributed by atoms with Gasteiger partial charge in [-0.1, -0.05) is 0 Å². The van der Waals surface area contributed by atoms with Crippen LogP contribution in [0.1, 0.15) is 21.1 Å². The fourth-order valence-electron chi connectivity index (χ4n) is 2.82. The Morgan fingerprint density at radius 2 is 1.15 bits per heavy atom. The molecule has 4 rings (SSSR count). The Morgan fingerprint density at radius 3 is 1.56 bits per heavy atom. The SMILES string of the molecule is O=C(C[Te](Cl)(Cl)CC(=O)c1cc2ccccc2o1)c1cc2ccccc2o1. The second-order valence-corrected chi connectivity index (χ2v) is 20.8.